The number of hydrogen-bond donors (Lipinski definition) is 1. The van der Waals surface area contributed by atoms with Crippen molar-refractivity contribution in [1.82, 2.24) is 0 Å². The first-order valence-electron chi connectivity index (χ1n) is 3.22. The number of thiol groups is 1. The van der Waals surface area contributed by atoms with Gasteiger partial charge in [-0.1, -0.05) is 18.2 Å². The number of hydrogen-bond acceptors (Lipinski definition) is 1. The smallest absolute Gasteiger partial charge is 0.263 e. The van der Waals surface area contributed by atoms with E-state index in [1.165, 1.54) is 18.2 Å². The largest absolute Gasteiger partial charge is 0.282 e. The van der Waals surface area contributed by atoms with Crippen molar-refractivity contribution in [2.75, 3.05) is 0 Å². The quantitative estimate of drug-likeness (QED) is 0.706. The van der Waals surface area contributed by atoms with Crippen LogP contribution in [-0.4, -0.2) is 5.12 Å². The number of carbonyl (C=O) groups excluding carboxylic acids is 1. The summed E-state index contributed by atoms with van der Waals surface area (Å²) in [5, 5.41) is -0.502. The zero-order chi connectivity index (χ0) is 9.14. The Morgan fingerprint density at radius 1 is 1.42 bits per heavy atom. The van der Waals surface area contributed by atoms with Crippen LogP contribution < -0.4 is 0 Å². The maximum Gasteiger partial charge on any atom is 0.263 e. The molecule has 0 bridgehead atoms. The summed E-state index contributed by atoms with van der Waals surface area (Å²) in [6, 6.07) is 5.26. The molecule has 0 amide bonds. The zero-order valence-corrected chi connectivity index (χ0v) is 6.89. The van der Waals surface area contributed by atoms with E-state index in [0.29, 0.717) is 0 Å². The van der Waals surface area contributed by atoms with Crippen LogP contribution in [0.3, 0.4) is 0 Å². The minimum absolute atomic E-state index is 0.157. The van der Waals surface area contributed by atoms with E-state index in [2.05, 4.69) is 12.6 Å². The summed E-state index contributed by atoms with van der Waals surface area (Å²) in [4.78, 5) is 10.6. The highest BCUT2D eigenvalue weighted by molar-refractivity contribution is 7.97. The van der Waals surface area contributed by atoms with Crippen LogP contribution in [0.1, 0.15) is 22.3 Å². The second kappa shape index (κ2) is 3.67. The Kier molecular flexibility index (Phi) is 2.81. The molecule has 0 aromatic heterocycles. The van der Waals surface area contributed by atoms with Crippen LogP contribution in [0, 0.1) is 0 Å². The number of rotatable bonds is 2. The van der Waals surface area contributed by atoms with Crippen LogP contribution in [0.15, 0.2) is 24.3 Å². The molecule has 0 fully saturated rings. The Labute approximate surface area is 73.8 Å². The van der Waals surface area contributed by atoms with Crippen LogP contribution in [-0.2, 0) is 0 Å². The summed E-state index contributed by atoms with van der Waals surface area (Å²) in [7, 11) is 0. The second-order valence-electron chi connectivity index (χ2n) is 2.23. The lowest BCUT2D eigenvalue weighted by molar-refractivity contribution is 0.109. The zero-order valence-electron chi connectivity index (χ0n) is 6.00. The first kappa shape index (κ1) is 9.19. The predicted octanol–water partition coefficient (Wildman–Crippen LogP) is 2.69. The van der Waals surface area contributed by atoms with Crippen LogP contribution in [0.25, 0.3) is 0 Å². The lowest BCUT2D eigenvalue weighted by Gasteiger charge is -1.99. The lowest BCUT2D eigenvalue weighted by Crippen LogP contribution is -1.91. The molecule has 4 heteroatoms. The fourth-order valence-electron chi connectivity index (χ4n) is 0.807. The van der Waals surface area contributed by atoms with Crippen molar-refractivity contribution in [2.45, 2.75) is 6.43 Å². The van der Waals surface area contributed by atoms with Gasteiger partial charge >= 0.3 is 0 Å². The fraction of sp³-hybridized carbons (Fsp3) is 0.125. The molecule has 0 aliphatic carbocycles. The van der Waals surface area contributed by atoms with E-state index in [0.717, 1.165) is 6.07 Å². The summed E-state index contributed by atoms with van der Waals surface area (Å²) >= 11 is 3.52. The van der Waals surface area contributed by atoms with Crippen LogP contribution in [0.4, 0.5) is 8.78 Å². The van der Waals surface area contributed by atoms with Gasteiger partial charge in [-0.05, 0) is 6.07 Å². The molecule has 1 aromatic rings. The van der Waals surface area contributed by atoms with Crippen LogP contribution in [0.2, 0.25) is 0 Å². The van der Waals surface area contributed by atoms with Crippen LogP contribution >= 0.6 is 12.6 Å². The first-order valence-corrected chi connectivity index (χ1v) is 3.67. The van der Waals surface area contributed by atoms with Crippen molar-refractivity contribution >= 4 is 17.7 Å². The summed E-state index contributed by atoms with van der Waals surface area (Å²) < 4.78 is 24.1. The van der Waals surface area contributed by atoms with Gasteiger partial charge in [0.15, 0.2) is 0 Å². The van der Waals surface area contributed by atoms with Gasteiger partial charge in [0, 0.05) is 11.1 Å². The molecule has 0 heterocycles. The first-order chi connectivity index (χ1) is 5.61. The van der Waals surface area contributed by atoms with Gasteiger partial charge in [-0.2, -0.15) is 0 Å². The molecule has 0 saturated heterocycles. The SMILES string of the molecule is O=C(S)c1cccc(C(F)F)c1. The van der Waals surface area contributed by atoms with Crippen molar-refractivity contribution in [2.24, 2.45) is 0 Å². The lowest BCUT2D eigenvalue weighted by atomic mass is 10.1. The Morgan fingerprint density at radius 2 is 2.08 bits per heavy atom. The van der Waals surface area contributed by atoms with E-state index in [9.17, 15) is 13.6 Å². The van der Waals surface area contributed by atoms with Gasteiger partial charge in [0.2, 0.25) is 5.12 Å². The van der Waals surface area contributed by atoms with E-state index >= 15 is 0 Å². The average molecular weight is 188 g/mol. The van der Waals surface area contributed by atoms with Crippen molar-refractivity contribution in [1.29, 1.82) is 0 Å². The Morgan fingerprint density at radius 3 is 2.58 bits per heavy atom. The van der Waals surface area contributed by atoms with Crippen molar-refractivity contribution in [3.05, 3.63) is 35.4 Å². The van der Waals surface area contributed by atoms with Gasteiger partial charge in [-0.15, -0.1) is 12.6 Å². The molecule has 0 aliphatic rings. The van der Waals surface area contributed by atoms with E-state index in [4.69, 9.17) is 0 Å². The highest BCUT2D eigenvalue weighted by atomic mass is 32.1. The fourth-order valence-corrected chi connectivity index (χ4v) is 0.947. The molecule has 0 N–H and O–H groups in total. The minimum atomic E-state index is -2.54. The summed E-state index contributed by atoms with van der Waals surface area (Å²) in [5.74, 6) is 0. The summed E-state index contributed by atoms with van der Waals surface area (Å²) in [5.41, 5.74) is 0.0334. The van der Waals surface area contributed by atoms with Gasteiger partial charge in [-0.3, -0.25) is 4.79 Å². The summed E-state index contributed by atoms with van der Waals surface area (Å²) in [6.45, 7) is 0. The van der Waals surface area contributed by atoms with Gasteiger partial charge in [0.1, 0.15) is 0 Å². The number of alkyl halides is 2. The highest BCUT2D eigenvalue weighted by Gasteiger charge is 2.08. The molecular formula is C8H6F2OS. The van der Waals surface area contributed by atoms with Crippen molar-refractivity contribution < 1.29 is 13.6 Å². The maximum absolute atomic E-state index is 12.1. The Bertz CT molecular complexity index is 299. The molecule has 0 aliphatic heterocycles. The Balaban J connectivity index is 3.04. The van der Waals surface area contributed by atoms with Gasteiger partial charge < -0.3 is 0 Å². The van der Waals surface area contributed by atoms with Crippen molar-refractivity contribution in [3.63, 3.8) is 0 Å². The molecule has 0 atom stereocenters. The molecule has 1 aromatic carbocycles. The molecule has 12 heavy (non-hydrogen) atoms. The third kappa shape index (κ3) is 2.04. The van der Waals surface area contributed by atoms with Gasteiger partial charge in [0.25, 0.3) is 6.43 Å². The topological polar surface area (TPSA) is 17.1 Å². The average Bonchev–Trinajstić information content (AvgIpc) is 2.04. The maximum atomic E-state index is 12.1. The van der Waals surface area contributed by atoms with E-state index in [-0.39, 0.29) is 11.1 Å². The highest BCUT2D eigenvalue weighted by Crippen LogP contribution is 2.19. The van der Waals surface area contributed by atoms with E-state index in [1.807, 2.05) is 0 Å². The molecule has 0 spiro atoms. The van der Waals surface area contributed by atoms with Gasteiger partial charge in [-0.25, -0.2) is 8.78 Å². The molecule has 64 valence electrons. The van der Waals surface area contributed by atoms with E-state index < -0.39 is 11.5 Å². The third-order valence-electron chi connectivity index (χ3n) is 1.39. The van der Waals surface area contributed by atoms with Crippen molar-refractivity contribution in [3.8, 4) is 0 Å². The molecule has 0 radical (unpaired) electrons. The normalized spacial score (nSPS) is 10.3. The van der Waals surface area contributed by atoms with E-state index in [1.54, 1.807) is 0 Å². The second-order valence-corrected chi connectivity index (χ2v) is 2.64. The third-order valence-corrected chi connectivity index (χ3v) is 1.64. The number of benzene rings is 1. The predicted molar refractivity (Wildman–Crippen MR) is 44.7 cm³/mol. The van der Waals surface area contributed by atoms with Crippen LogP contribution in [0.5, 0.6) is 0 Å². The monoisotopic (exact) mass is 188 g/mol. The molecule has 0 unspecified atom stereocenters. The summed E-state index contributed by atoms with van der Waals surface area (Å²) in [6.07, 6.45) is -2.54. The minimum Gasteiger partial charge on any atom is -0.282 e. The molecular weight excluding hydrogens is 182 g/mol. The molecule has 1 rings (SSSR count). The standard InChI is InChI=1S/C8H6F2OS/c9-7(10)5-2-1-3-6(4-5)8(11)12/h1-4,7H,(H,11,12). The number of halogens is 2. The van der Waals surface area contributed by atoms with Gasteiger partial charge in [0.05, 0.1) is 0 Å². The number of carbonyl (C=O) groups is 1. The molecule has 1 nitrogen and oxygen atoms in total. The Hall–Kier alpha value is -0.900. The molecule has 0 saturated carbocycles.